The summed E-state index contributed by atoms with van der Waals surface area (Å²) in [6.07, 6.45) is 5.54. The summed E-state index contributed by atoms with van der Waals surface area (Å²) in [7, 11) is 1.71. The summed E-state index contributed by atoms with van der Waals surface area (Å²) in [6, 6.07) is 0. The van der Waals surface area contributed by atoms with Crippen molar-refractivity contribution in [3.8, 4) is 0 Å². The maximum Gasteiger partial charge on any atom is 0.304 e. The number of hydrogen-bond acceptors (Lipinski definition) is 4. The molecule has 3 aliphatic carbocycles. The van der Waals surface area contributed by atoms with Crippen LogP contribution >= 0.6 is 0 Å². The molecule has 3 rings (SSSR count). The SMILES string of the molecule is CO[C@@H]1CC[C@@H](C)[C@@H]2CC(=O)[C@]3(C=O)[C@@H](CC=C(C)[C@@H]3CC(=O)O)[C@@]12C. The summed E-state index contributed by atoms with van der Waals surface area (Å²) < 4.78 is 5.86. The topological polar surface area (TPSA) is 80.7 Å². The van der Waals surface area contributed by atoms with E-state index in [1.807, 2.05) is 13.0 Å². The average Bonchev–Trinajstić information content (AvgIpc) is 2.59. The van der Waals surface area contributed by atoms with Crippen LogP contribution in [0.2, 0.25) is 0 Å². The minimum absolute atomic E-state index is 0.0154. The molecule has 0 spiro atoms. The molecule has 0 bridgehead atoms. The van der Waals surface area contributed by atoms with Crippen molar-refractivity contribution in [1.82, 2.24) is 0 Å². The Bertz CT molecular complexity index is 653. The van der Waals surface area contributed by atoms with Crippen LogP contribution in [0.1, 0.15) is 52.9 Å². The molecule has 0 aromatic heterocycles. The van der Waals surface area contributed by atoms with Gasteiger partial charge in [-0.3, -0.25) is 9.59 Å². The number of rotatable bonds is 4. The van der Waals surface area contributed by atoms with Gasteiger partial charge in [0.25, 0.3) is 0 Å². The van der Waals surface area contributed by atoms with Crippen LogP contribution in [-0.4, -0.2) is 36.4 Å². The molecule has 7 atom stereocenters. The van der Waals surface area contributed by atoms with Gasteiger partial charge >= 0.3 is 5.97 Å². The number of ketones is 1. The fourth-order valence-corrected chi connectivity index (χ4v) is 6.58. The standard InChI is InChI=1S/C21H30O5/c1-12-6-8-18(26-4)20(3)14(12)9-17(23)21(11-22)15(10-19(24)25)13(2)5-7-16(20)21/h5,11-12,14-16,18H,6-10H2,1-4H3,(H,24,25)/t12-,14+,15+,16+,18-,20+,21+/m1/s1. The van der Waals surface area contributed by atoms with Gasteiger partial charge in [0.15, 0.2) is 0 Å². The number of allylic oxidation sites excluding steroid dienone is 2. The summed E-state index contributed by atoms with van der Waals surface area (Å²) in [5, 5.41) is 9.43. The van der Waals surface area contributed by atoms with Crippen LogP contribution in [0.25, 0.3) is 0 Å². The second-order valence-corrected chi connectivity index (χ2v) is 8.82. The molecule has 0 radical (unpaired) electrons. The van der Waals surface area contributed by atoms with Gasteiger partial charge in [-0.15, -0.1) is 0 Å². The number of carbonyl (C=O) groups excluding carboxylic acids is 2. The number of aliphatic carboxylic acids is 1. The first-order valence-corrected chi connectivity index (χ1v) is 9.64. The summed E-state index contributed by atoms with van der Waals surface area (Å²) in [6.45, 7) is 6.21. The molecule has 2 fully saturated rings. The van der Waals surface area contributed by atoms with Crippen LogP contribution in [0.4, 0.5) is 0 Å². The number of fused-ring (bicyclic) bond motifs is 3. The molecule has 0 aliphatic heterocycles. The van der Waals surface area contributed by atoms with E-state index in [0.717, 1.165) is 24.7 Å². The molecular weight excluding hydrogens is 332 g/mol. The molecule has 1 N–H and O–H groups in total. The number of methoxy groups -OCH3 is 1. The number of aldehydes is 1. The lowest BCUT2D eigenvalue weighted by molar-refractivity contribution is -0.192. The van der Waals surface area contributed by atoms with Gasteiger partial charge in [-0.1, -0.05) is 25.5 Å². The van der Waals surface area contributed by atoms with E-state index in [2.05, 4.69) is 13.8 Å². The molecule has 0 aromatic rings. The molecular formula is C21H30O5. The molecule has 0 unspecified atom stereocenters. The first-order valence-electron chi connectivity index (χ1n) is 9.64. The number of hydrogen-bond donors (Lipinski definition) is 1. The lowest BCUT2D eigenvalue weighted by Crippen LogP contribution is -2.65. The zero-order valence-electron chi connectivity index (χ0n) is 16.2. The lowest BCUT2D eigenvalue weighted by Gasteiger charge is -2.63. The van der Waals surface area contributed by atoms with Crippen LogP contribution in [-0.2, 0) is 19.1 Å². The third kappa shape index (κ3) is 2.43. The van der Waals surface area contributed by atoms with Crippen LogP contribution in [0, 0.1) is 34.5 Å². The van der Waals surface area contributed by atoms with Crippen molar-refractivity contribution >= 4 is 18.0 Å². The molecule has 0 heterocycles. The van der Waals surface area contributed by atoms with Gasteiger partial charge in [0.05, 0.1) is 17.9 Å². The molecule has 0 aromatic carbocycles. The predicted octanol–water partition coefficient (Wildman–Crippen LogP) is 3.27. The summed E-state index contributed by atoms with van der Waals surface area (Å²) in [5.74, 6) is -1.24. The van der Waals surface area contributed by atoms with Crippen LogP contribution in [0.3, 0.4) is 0 Å². The average molecular weight is 362 g/mol. The molecule has 144 valence electrons. The van der Waals surface area contributed by atoms with Gasteiger partial charge in [-0.05, 0) is 43.9 Å². The minimum atomic E-state index is -1.24. The molecule has 0 saturated heterocycles. The minimum Gasteiger partial charge on any atom is -0.481 e. The van der Waals surface area contributed by atoms with Crippen LogP contribution in [0.5, 0.6) is 0 Å². The molecule has 26 heavy (non-hydrogen) atoms. The Kier molecular flexibility index (Phi) is 4.89. The number of ether oxygens (including phenoxy) is 1. The van der Waals surface area contributed by atoms with Gasteiger partial charge in [-0.25, -0.2) is 0 Å². The highest BCUT2D eigenvalue weighted by Gasteiger charge is 2.67. The monoisotopic (exact) mass is 362 g/mol. The summed E-state index contributed by atoms with van der Waals surface area (Å²) in [4.78, 5) is 37.3. The van der Waals surface area contributed by atoms with E-state index < -0.39 is 17.3 Å². The Labute approximate surface area is 155 Å². The van der Waals surface area contributed by atoms with Crippen LogP contribution in [0.15, 0.2) is 11.6 Å². The fraction of sp³-hybridized carbons (Fsp3) is 0.762. The van der Waals surface area contributed by atoms with E-state index >= 15 is 0 Å². The Morgan fingerprint density at radius 1 is 1.42 bits per heavy atom. The lowest BCUT2D eigenvalue weighted by atomic mass is 9.40. The van der Waals surface area contributed by atoms with Crippen molar-refractivity contribution in [2.24, 2.45) is 34.5 Å². The van der Waals surface area contributed by atoms with Crippen molar-refractivity contribution in [2.75, 3.05) is 7.11 Å². The zero-order valence-corrected chi connectivity index (χ0v) is 16.2. The van der Waals surface area contributed by atoms with Crippen molar-refractivity contribution in [2.45, 2.75) is 59.0 Å². The maximum atomic E-state index is 13.4. The smallest absolute Gasteiger partial charge is 0.304 e. The zero-order chi connectivity index (χ0) is 19.3. The molecule has 3 aliphatic rings. The second-order valence-electron chi connectivity index (χ2n) is 8.82. The number of carboxylic acid groups (broad SMARTS) is 1. The number of carboxylic acids is 1. The van der Waals surface area contributed by atoms with Crippen molar-refractivity contribution in [3.05, 3.63) is 11.6 Å². The molecule has 5 heteroatoms. The number of carbonyl (C=O) groups is 3. The first-order chi connectivity index (χ1) is 12.2. The maximum absolute atomic E-state index is 13.4. The third-order valence-electron chi connectivity index (χ3n) is 7.94. The van der Waals surface area contributed by atoms with E-state index in [1.54, 1.807) is 7.11 Å². The Morgan fingerprint density at radius 3 is 2.69 bits per heavy atom. The van der Waals surface area contributed by atoms with Gasteiger partial charge in [0, 0.05) is 24.9 Å². The van der Waals surface area contributed by atoms with Gasteiger partial charge in [0.1, 0.15) is 12.1 Å². The van der Waals surface area contributed by atoms with Gasteiger partial charge in [0.2, 0.25) is 0 Å². The highest BCUT2D eigenvalue weighted by molar-refractivity contribution is 6.01. The Balaban J connectivity index is 2.18. The Hall–Kier alpha value is -1.49. The molecule has 0 amide bonds. The van der Waals surface area contributed by atoms with E-state index in [0.29, 0.717) is 18.8 Å². The highest BCUT2D eigenvalue weighted by atomic mass is 16.5. The van der Waals surface area contributed by atoms with E-state index in [-0.39, 0.29) is 35.6 Å². The first kappa shape index (κ1) is 19.3. The van der Waals surface area contributed by atoms with Crippen LogP contribution < -0.4 is 0 Å². The van der Waals surface area contributed by atoms with E-state index in [1.165, 1.54) is 0 Å². The largest absolute Gasteiger partial charge is 0.481 e. The van der Waals surface area contributed by atoms with Crippen molar-refractivity contribution in [3.63, 3.8) is 0 Å². The summed E-state index contributed by atoms with van der Waals surface area (Å²) >= 11 is 0. The summed E-state index contributed by atoms with van der Waals surface area (Å²) in [5.41, 5.74) is -0.699. The van der Waals surface area contributed by atoms with Crippen molar-refractivity contribution < 1.29 is 24.2 Å². The highest BCUT2D eigenvalue weighted by Crippen LogP contribution is 2.65. The quantitative estimate of drug-likeness (QED) is 0.472. The third-order valence-corrected chi connectivity index (χ3v) is 7.94. The van der Waals surface area contributed by atoms with Gasteiger partial charge in [-0.2, -0.15) is 0 Å². The van der Waals surface area contributed by atoms with E-state index in [9.17, 15) is 19.5 Å². The van der Waals surface area contributed by atoms with E-state index in [4.69, 9.17) is 4.74 Å². The molecule has 2 saturated carbocycles. The predicted molar refractivity (Wildman–Crippen MR) is 96.5 cm³/mol. The van der Waals surface area contributed by atoms with Crippen molar-refractivity contribution in [1.29, 1.82) is 0 Å². The van der Waals surface area contributed by atoms with Gasteiger partial charge < -0.3 is 14.6 Å². The normalized spacial score (nSPS) is 45.3. The fourth-order valence-electron chi connectivity index (χ4n) is 6.58. The second kappa shape index (κ2) is 6.59. The number of Topliss-reactive ketones (excluding diaryl/α,β-unsaturated/α-hetero) is 1. The Morgan fingerprint density at radius 2 is 2.12 bits per heavy atom. The molecule has 5 nitrogen and oxygen atoms in total.